The van der Waals surface area contributed by atoms with Crippen molar-refractivity contribution in [3.8, 4) is 0 Å². The molecule has 30 heavy (non-hydrogen) atoms. The van der Waals surface area contributed by atoms with E-state index < -0.39 is 0 Å². The summed E-state index contributed by atoms with van der Waals surface area (Å²) in [5.74, 6) is 0.0608. The normalized spacial score (nSPS) is 12.4. The predicted octanol–water partition coefficient (Wildman–Crippen LogP) is 7.27. The SMILES string of the molecule is CCCCN(C)C(=O)c1ccc2c(c1)C=C(c1ccccc1Cl)c1ccccc1S2. The molecule has 0 bridgehead atoms. The van der Waals surface area contributed by atoms with Crippen molar-refractivity contribution in [1.82, 2.24) is 4.90 Å². The summed E-state index contributed by atoms with van der Waals surface area (Å²) < 4.78 is 0. The van der Waals surface area contributed by atoms with Crippen molar-refractivity contribution in [2.45, 2.75) is 29.6 Å². The third-order valence-electron chi connectivity index (χ3n) is 5.31. The summed E-state index contributed by atoms with van der Waals surface area (Å²) in [7, 11) is 1.87. The standard InChI is InChI=1S/C26H24ClNOS/c1-3-4-15-28(2)26(29)18-13-14-24-19(16-18)17-22(20-9-5-7-11-23(20)27)21-10-6-8-12-25(21)30-24/h5-14,16-17H,3-4,15H2,1-2H3. The molecule has 0 aliphatic carbocycles. The van der Waals surface area contributed by atoms with E-state index in [-0.39, 0.29) is 5.91 Å². The Hall–Kier alpha value is -2.49. The van der Waals surface area contributed by atoms with Crippen LogP contribution in [0.1, 0.15) is 46.8 Å². The van der Waals surface area contributed by atoms with Gasteiger partial charge in [0, 0.05) is 39.5 Å². The molecule has 0 unspecified atom stereocenters. The molecule has 0 aromatic heterocycles. The minimum absolute atomic E-state index is 0.0608. The van der Waals surface area contributed by atoms with Gasteiger partial charge in [-0.1, -0.05) is 73.1 Å². The lowest BCUT2D eigenvalue weighted by Gasteiger charge is -2.17. The van der Waals surface area contributed by atoms with Gasteiger partial charge in [-0.05, 0) is 59.5 Å². The molecule has 0 fully saturated rings. The first kappa shape index (κ1) is 20.8. The fourth-order valence-electron chi connectivity index (χ4n) is 3.64. The van der Waals surface area contributed by atoms with E-state index in [9.17, 15) is 4.79 Å². The van der Waals surface area contributed by atoms with E-state index in [0.717, 1.165) is 51.6 Å². The number of hydrogen-bond acceptors (Lipinski definition) is 2. The van der Waals surface area contributed by atoms with Crippen LogP contribution in [0, 0.1) is 0 Å². The summed E-state index contributed by atoms with van der Waals surface area (Å²) in [6, 6.07) is 22.3. The topological polar surface area (TPSA) is 20.3 Å². The highest BCUT2D eigenvalue weighted by atomic mass is 35.5. The average Bonchev–Trinajstić information content (AvgIpc) is 2.93. The van der Waals surface area contributed by atoms with E-state index in [2.05, 4.69) is 43.3 Å². The molecule has 0 saturated carbocycles. The van der Waals surface area contributed by atoms with Gasteiger partial charge >= 0.3 is 0 Å². The molecule has 0 atom stereocenters. The summed E-state index contributed by atoms with van der Waals surface area (Å²) in [4.78, 5) is 17.0. The Balaban J connectivity index is 1.82. The number of carbonyl (C=O) groups is 1. The molecule has 2 nitrogen and oxygen atoms in total. The van der Waals surface area contributed by atoms with Crippen LogP contribution >= 0.6 is 23.4 Å². The maximum atomic E-state index is 12.9. The molecule has 4 rings (SSSR count). The fourth-order valence-corrected chi connectivity index (χ4v) is 4.92. The van der Waals surface area contributed by atoms with Gasteiger partial charge in [-0.15, -0.1) is 0 Å². The average molecular weight is 434 g/mol. The number of benzene rings is 3. The number of hydrogen-bond donors (Lipinski definition) is 0. The van der Waals surface area contributed by atoms with Crippen LogP contribution in [0.25, 0.3) is 11.6 Å². The second-order valence-electron chi connectivity index (χ2n) is 7.47. The van der Waals surface area contributed by atoms with Crippen molar-refractivity contribution in [2.24, 2.45) is 0 Å². The number of fused-ring (bicyclic) bond motifs is 2. The van der Waals surface area contributed by atoms with E-state index in [4.69, 9.17) is 11.6 Å². The molecular weight excluding hydrogens is 410 g/mol. The van der Waals surface area contributed by atoms with E-state index in [1.807, 2.05) is 48.3 Å². The molecule has 0 radical (unpaired) electrons. The third-order valence-corrected chi connectivity index (χ3v) is 6.81. The van der Waals surface area contributed by atoms with Crippen LogP contribution in [0.4, 0.5) is 0 Å². The molecule has 0 saturated heterocycles. The predicted molar refractivity (Wildman–Crippen MR) is 127 cm³/mol. The van der Waals surface area contributed by atoms with Gasteiger partial charge in [0.1, 0.15) is 0 Å². The quantitative estimate of drug-likeness (QED) is 0.330. The summed E-state index contributed by atoms with van der Waals surface area (Å²) in [6.45, 7) is 2.91. The largest absolute Gasteiger partial charge is 0.342 e. The number of carbonyl (C=O) groups excluding carboxylic acids is 1. The molecule has 3 aromatic carbocycles. The van der Waals surface area contributed by atoms with Crippen LogP contribution in [0.3, 0.4) is 0 Å². The first-order valence-corrected chi connectivity index (χ1v) is 11.4. The summed E-state index contributed by atoms with van der Waals surface area (Å²) in [5.41, 5.74) is 4.98. The molecule has 1 aliphatic heterocycles. The molecule has 1 amide bonds. The van der Waals surface area contributed by atoms with Gasteiger partial charge in [-0.25, -0.2) is 0 Å². The van der Waals surface area contributed by atoms with Gasteiger partial charge in [-0.2, -0.15) is 0 Å². The first-order valence-electron chi connectivity index (χ1n) is 10.2. The number of rotatable bonds is 5. The van der Waals surface area contributed by atoms with E-state index in [0.29, 0.717) is 5.56 Å². The first-order chi connectivity index (χ1) is 14.6. The van der Waals surface area contributed by atoms with Crippen molar-refractivity contribution in [1.29, 1.82) is 0 Å². The molecule has 0 spiro atoms. The summed E-state index contributed by atoms with van der Waals surface area (Å²) >= 11 is 8.30. The Labute approximate surface area is 187 Å². The Kier molecular flexibility index (Phi) is 6.31. The number of unbranched alkanes of at least 4 members (excludes halogenated alkanes) is 1. The second kappa shape index (κ2) is 9.11. The maximum absolute atomic E-state index is 12.9. The maximum Gasteiger partial charge on any atom is 0.253 e. The van der Waals surface area contributed by atoms with Gasteiger partial charge in [0.2, 0.25) is 0 Å². The van der Waals surface area contributed by atoms with E-state index >= 15 is 0 Å². The van der Waals surface area contributed by atoms with Crippen LogP contribution in [-0.2, 0) is 0 Å². The minimum atomic E-state index is 0.0608. The molecule has 152 valence electrons. The molecule has 3 aromatic rings. The van der Waals surface area contributed by atoms with Crippen LogP contribution in [-0.4, -0.2) is 24.4 Å². The highest BCUT2D eigenvalue weighted by molar-refractivity contribution is 7.99. The van der Waals surface area contributed by atoms with Gasteiger partial charge in [0.15, 0.2) is 0 Å². The van der Waals surface area contributed by atoms with Gasteiger partial charge in [0.05, 0.1) is 0 Å². The van der Waals surface area contributed by atoms with Crippen molar-refractivity contribution in [3.05, 3.63) is 94.0 Å². The summed E-state index contributed by atoms with van der Waals surface area (Å²) in [6.07, 6.45) is 4.24. The smallest absolute Gasteiger partial charge is 0.253 e. The zero-order valence-electron chi connectivity index (χ0n) is 17.2. The van der Waals surface area contributed by atoms with Crippen molar-refractivity contribution in [3.63, 3.8) is 0 Å². The molecule has 1 aliphatic rings. The lowest BCUT2D eigenvalue weighted by molar-refractivity contribution is 0.0793. The Morgan fingerprint density at radius 3 is 2.47 bits per heavy atom. The van der Waals surface area contributed by atoms with Crippen LogP contribution < -0.4 is 0 Å². The molecule has 1 heterocycles. The Bertz CT molecular complexity index is 1120. The van der Waals surface area contributed by atoms with Crippen LogP contribution in [0.2, 0.25) is 5.02 Å². The third kappa shape index (κ3) is 4.19. The highest BCUT2D eigenvalue weighted by Gasteiger charge is 2.20. The lowest BCUT2D eigenvalue weighted by Crippen LogP contribution is -2.27. The van der Waals surface area contributed by atoms with Crippen LogP contribution in [0.15, 0.2) is 76.5 Å². The van der Waals surface area contributed by atoms with Crippen molar-refractivity contribution in [2.75, 3.05) is 13.6 Å². The van der Waals surface area contributed by atoms with Crippen LogP contribution in [0.5, 0.6) is 0 Å². The van der Waals surface area contributed by atoms with Gasteiger partial charge in [0.25, 0.3) is 5.91 Å². The molecule has 4 heteroatoms. The number of nitrogens with zero attached hydrogens (tertiary/aromatic N) is 1. The number of amides is 1. The zero-order valence-corrected chi connectivity index (χ0v) is 18.8. The van der Waals surface area contributed by atoms with Crippen molar-refractivity contribution < 1.29 is 4.79 Å². The molecule has 0 N–H and O–H groups in total. The molecular formula is C26H24ClNOS. The van der Waals surface area contributed by atoms with Crippen molar-refractivity contribution >= 4 is 40.9 Å². The van der Waals surface area contributed by atoms with Gasteiger partial charge in [-0.3, -0.25) is 4.79 Å². The monoisotopic (exact) mass is 433 g/mol. The van der Waals surface area contributed by atoms with E-state index in [1.165, 1.54) is 4.90 Å². The Morgan fingerprint density at radius 1 is 0.967 bits per heavy atom. The van der Waals surface area contributed by atoms with E-state index in [1.54, 1.807) is 11.8 Å². The summed E-state index contributed by atoms with van der Waals surface area (Å²) in [5, 5.41) is 0.721. The lowest BCUT2D eigenvalue weighted by atomic mass is 9.95. The Morgan fingerprint density at radius 2 is 1.70 bits per heavy atom. The highest BCUT2D eigenvalue weighted by Crippen LogP contribution is 2.44. The van der Waals surface area contributed by atoms with Gasteiger partial charge < -0.3 is 4.90 Å². The zero-order chi connectivity index (χ0) is 21.1. The second-order valence-corrected chi connectivity index (χ2v) is 8.96. The number of halogens is 1. The minimum Gasteiger partial charge on any atom is -0.342 e. The fraction of sp³-hybridized carbons (Fsp3) is 0.192.